The van der Waals surface area contributed by atoms with E-state index in [1.54, 1.807) is 30.6 Å². The molecule has 5 heteroatoms. The molecule has 2 aromatic rings. The molecule has 0 saturated heterocycles. The Hall–Kier alpha value is -2.01. The largest absolute Gasteiger partial charge is 0.391 e. The third kappa shape index (κ3) is 3.26. The van der Waals surface area contributed by atoms with E-state index in [9.17, 15) is 9.90 Å². The Kier molecular flexibility index (Phi) is 4.06. The molecule has 0 fully saturated rings. The first-order valence-corrected chi connectivity index (χ1v) is 6.25. The number of hydrogen-bond donors (Lipinski definition) is 2. The summed E-state index contributed by atoms with van der Waals surface area (Å²) < 4.78 is 0. The molecule has 1 aromatic carbocycles. The first kappa shape index (κ1) is 13.4. The highest BCUT2D eigenvalue weighted by Crippen LogP contribution is 2.10. The summed E-state index contributed by atoms with van der Waals surface area (Å²) in [4.78, 5) is 20.2. The maximum Gasteiger partial charge on any atom is 0.251 e. The number of aromatic nitrogens is 2. The van der Waals surface area contributed by atoms with Crippen LogP contribution in [0.1, 0.15) is 24.2 Å². The number of amides is 1. The van der Waals surface area contributed by atoms with E-state index in [0.717, 1.165) is 5.52 Å². The predicted octanol–water partition coefficient (Wildman–Crippen LogP) is 1.38. The van der Waals surface area contributed by atoms with Crippen LogP contribution in [0.2, 0.25) is 0 Å². The summed E-state index contributed by atoms with van der Waals surface area (Å²) in [7, 11) is 0. The second-order valence-corrected chi connectivity index (χ2v) is 4.78. The van der Waals surface area contributed by atoms with Gasteiger partial charge in [-0.3, -0.25) is 14.8 Å². The highest BCUT2D eigenvalue weighted by Gasteiger charge is 2.12. The van der Waals surface area contributed by atoms with Gasteiger partial charge in [0.25, 0.3) is 5.91 Å². The maximum absolute atomic E-state index is 11.9. The van der Waals surface area contributed by atoms with Crippen LogP contribution in [0.25, 0.3) is 11.0 Å². The molecule has 2 N–H and O–H groups in total. The Bertz CT molecular complexity index is 584. The molecule has 1 heterocycles. The van der Waals surface area contributed by atoms with Gasteiger partial charge in [-0.2, -0.15) is 0 Å². The van der Waals surface area contributed by atoms with Crippen molar-refractivity contribution in [1.29, 1.82) is 0 Å². The highest BCUT2D eigenvalue weighted by molar-refractivity contribution is 5.97. The summed E-state index contributed by atoms with van der Waals surface area (Å²) >= 11 is 0. The Morgan fingerprint density at radius 3 is 2.63 bits per heavy atom. The van der Waals surface area contributed by atoms with Crippen LogP contribution in [0.3, 0.4) is 0 Å². The number of benzene rings is 1. The first-order valence-electron chi connectivity index (χ1n) is 6.25. The summed E-state index contributed by atoms with van der Waals surface area (Å²) in [5.41, 5.74) is 1.95. The van der Waals surface area contributed by atoms with Gasteiger partial charge in [0, 0.05) is 24.5 Å². The van der Waals surface area contributed by atoms with Gasteiger partial charge in [0.05, 0.1) is 17.1 Å². The molecule has 1 aromatic heterocycles. The minimum absolute atomic E-state index is 0.114. The van der Waals surface area contributed by atoms with Crippen LogP contribution in [0.4, 0.5) is 0 Å². The molecule has 100 valence electrons. The van der Waals surface area contributed by atoms with E-state index in [1.165, 1.54) is 0 Å². The summed E-state index contributed by atoms with van der Waals surface area (Å²) in [5.74, 6) is -0.102. The van der Waals surface area contributed by atoms with E-state index in [-0.39, 0.29) is 18.4 Å². The molecule has 0 aliphatic heterocycles. The molecule has 0 saturated carbocycles. The fourth-order valence-electron chi connectivity index (χ4n) is 1.64. The van der Waals surface area contributed by atoms with E-state index in [4.69, 9.17) is 0 Å². The number of hydrogen-bond acceptors (Lipinski definition) is 4. The van der Waals surface area contributed by atoms with Crippen LogP contribution in [0, 0.1) is 5.92 Å². The van der Waals surface area contributed by atoms with Crippen molar-refractivity contribution in [3.8, 4) is 0 Å². The zero-order valence-electron chi connectivity index (χ0n) is 11.0. The second kappa shape index (κ2) is 5.75. The number of aliphatic hydroxyl groups is 1. The van der Waals surface area contributed by atoms with E-state index in [2.05, 4.69) is 15.3 Å². The van der Waals surface area contributed by atoms with E-state index in [0.29, 0.717) is 11.1 Å². The Balaban J connectivity index is 2.09. The molecular formula is C14H17N3O2. The molecule has 0 bridgehead atoms. The maximum atomic E-state index is 11.9. The molecule has 0 radical (unpaired) electrons. The molecule has 1 atom stereocenters. The van der Waals surface area contributed by atoms with Gasteiger partial charge in [-0.25, -0.2) is 0 Å². The summed E-state index contributed by atoms with van der Waals surface area (Å²) in [5, 5.41) is 12.4. The third-order valence-corrected chi connectivity index (χ3v) is 2.97. The SMILES string of the molecule is CC(C)C(O)CNC(=O)c1ccc2nccnc2c1. The summed E-state index contributed by atoms with van der Waals surface area (Å²) in [6.45, 7) is 4.06. The number of aliphatic hydroxyl groups excluding tert-OH is 1. The number of fused-ring (bicyclic) bond motifs is 1. The van der Waals surface area contributed by atoms with Crippen LogP contribution < -0.4 is 5.32 Å². The highest BCUT2D eigenvalue weighted by atomic mass is 16.3. The Labute approximate surface area is 111 Å². The zero-order chi connectivity index (χ0) is 13.8. The lowest BCUT2D eigenvalue weighted by Gasteiger charge is -2.15. The normalized spacial score (nSPS) is 12.6. The van der Waals surface area contributed by atoms with Crippen molar-refractivity contribution >= 4 is 16.9 Å². The van der Waals surface area contributed by atoms with Gasteiger partial charge < -0.3 is 10.4 Å². The third-order valence-electron chi connectivity index (χ3n) is 2.97. The van der Waals surface area contributed by atoms with Crippen molar-refractivity contribution in [3.05, 3.63) is 36.2 Å². The molecule has 0 spiro atoms. The van der Waals surface area contributed by atoms with Gasteiger partial charge in [-0.15, -0.1) is 0 Å². The van der Waals surface area contributed by atoms with Crippen molar-refractivity contribution in [2.24, 2.45) is 5.92 Å². The fourth-order valence-corrected chi connectivity index (χ4v) is 1.64. The van der Waals surface area contributed by atoms with Gasteiger partial charge in [0.2, 0.25) is 0 Å². The van der Waals surface area contributed by atoms with E-state index < -0.39 is 6.10 Å². The summed E-state index contributed by atoms with van der Waals surface area (Å²) in [6, 6.07) is 5.16. The predicted molar refractivity (Wildman–Crippen MR) is 72.7 cm³/mol. The van der Waals surface area contributed by atoms with Gasteiger partial charge in [-0.05, 0) is 24.1 Å². The van der Waals surface area contributed by atoms with Gasteiger partial charge >= 0.3 is 0 Å². The first-order chi connectivity index (χ1) is 9.08. The molecule has 19 heavy (non-hydrogen) atoms. The van der Waals surface area contributed by atoms with Crippen molar-refractivity contribution in [2.75, 3.05) is 6.54 Å². The van der Waals surface area contributed by atoms with Crippen LogP contribution in [-0.2, 0) is 0 Å². The van der Waals surface area contributed by atoms with Crippen molar-refractivity contribution in [3.63, 3.8) is 0 Å². The van der Waals surface area contributed by atoms with Crippen LogP contribution in [0.5, 0.6) is 0 Å². The lowest BCUT2D eigenvalue weighted by Crippen LogP contribution is -2.34. The average molecular weight is 259 g/mol. The lowest BCUT2D eigenvalue weighted by molar-refractivity contribution is 0.0871. The topological polar surface area (TPSA) is 75.1 Å². The molecule has 0 aliphatic rings. The van der Waals surface area contributed by atoms with Crippen molar-refractivity contribution in [2.45, 2.75) is 20.0 Å². The average Bonchev–Trinajstić information content (AvgIpc) is 2.43. The lowest BCUT2D eigenvalue weighted by atomic mass is 10.1. The molecule has 2 rings (SSSR count). The van der Waals surface area contributed by atoms with Crippen LogP contribution >= 0.6 is 0 Å². The molecule has 0 aliphatic carbocycles. The van der Waals surface area contributed by atoms with Crippen LogP contribution in [-0.4, -0.2) is 33.6 Å². The Morgan fingerprint density at radius 1 is 1.26 bits per heavy atom. The molecule has 1 amide bonds. The van der Waals surface area contributed by atoms with Crippen molar-refractivity contribution in [1.82, 2.24) is 15.3 Å². The zero-order valence-corrected chi connectivity index (χ0v) is 11.0. The molecular weight excluding hydrogens is 242 g/mol. The van der Waals surface area contributed by atoms with E-state index >= 15 is 0 Å². The Morgan fingerprint density at radius 2 is 1.95 bits per heavy atom. The van der Waals surface area contributed by atoms with E-state index in [1.807, 2.05) is 13.8 Å². The quantitative estimate of drug-likeness (QED) is 0.869. The fraction of sp³-hybridized carbons (Fsp3) is 0.357. The van der Waals surface area contributed by atoms with Gasteiger partial charge in [0.1, 0.15) is 0 Å². The minimum Gasteiger partial charge on any atom is -0.391 e. The van der Waals surface area contributed by atoms with Crippen LogP contribution in [0.15, 0.2) is 30.6 Å². The van der Waals surface area contributed by atoms with Gasteiger partial charge in [0.15, 0.2) is 0 Å². The molecule has 5 nitrogen and oxygen atoms in total. The number of rotatable bonds is 4. The van der Waals surface area contributed by atoms with Gasteiger partial charge in [-0.1, -0.05) is 13.8 Å². The molecule has 1 unspecified atom stereocenters. The second-order valence-electron chi connectivity index (χ2n) is 4.78. The summed E-state index contributed by atoms with van der Waals surface area (Å²) in [6.07, 6.45) is 2.66. The van der Waals surface area contributed by atoms with Crippen molar-refractivity contribution < 1.29 is 9.90 Å². The number of nitrogens with zero attached hydrogens (tertiary/aromatic N) is 2. The monoisotopic (exact) mass is 259 g/mol. The number of carbonyl (C=O) groups is 1. The standard InChI is InChI=1S/C14H17N3O2/c1-9(2)13(18)8-17-14(19)10-3-4-11-12(7-10)16-6-5-15-11/h3-7,9,13,18H,8H2,1-2H3,(H,17,19). The minimum atomic E-state index is -0.538. The number of carbonyl (C=O) groups excluding carboxylic acids is 1. The number of nitrogens with one attached hydrogen (secondary N) is 1. The smallest absolute Gasteiger partial charge is 0.251 e.